The predicted molar refractivity (Wildman–Crippen MR) is 68.5 cm³/mol. The lowest BCUT2D eigenvalue weighted by atomic mass is 9.89. The molecular formula is C15H20O2. The van der Waals surface area contributed by atoms with E-state index in [4.69, 9.17) is 4.74 Å². The van der Waals surface area contributed by atoms with Gasteiger partial charge in [-0.3, -0.25) is 0 Å². The number of carbonyl (C=O) groups excluding carboxylic acids is 1. The van der Waals surface area contributed by atoms with Crippen LogP contribution in [-0.4, -0.2) is 12.1 Å². The van der Waals surface area contributed by atoms with Crippen molar-refractivity contribution in [1.82, 2.24) is 0 Å². The summed E-state index contributed by atoms with van der Waals surface area (Å²) in [6.45, 7) is 8.14. The molecular weight excluding hydrogens is 212 g/mol. The molecule has 2 rings (SSSR count). The molecule has 2 nitrogen and oxygen atoms in total. The van der Waals surface area contributed by atoms with E-state index in [1.807, 2.05) is 0 Å². The maximum Gasteiger partial charge on any atom is 0.334 e. The zero-order chi connectivity index (χ0) is 12.4. The molecule has 92 valence electrons. The van der Waals surface area contributed by atoms with E-state index in [9.17, 15) is 4.79 Å². The zero-order valence-electron chi connectivity index (χ0n) is 10.7. The Kier molecular flexibility index (Phi) is 3.51. The molecule has 0 amide bonds. The smallest absolute Gasteiger partial charge is 0.334 e. The van der Waals surface area contributed by atoms with Gasteiger partial charge in [-0.1, -0.05) is 23.8 Å². The van der Waals surface area contributed by atoms with E-state index in [1.165, 1.54) is 17.6 Å². The summed E-state index contributed by atoms with van der Waals surface area (Å²) in [7, 11) is 0. The maximum absolute atomic E-state index is 11.6. The monoisotopic (exact) mass is 232 g/mol. The van der Waals surface area contributed by atoms with Crippen LogP contribution in [0.4, 0.5) is 0 Å². The van der Waals surface area contributed by atoms with Crippen molar-refractivity contribution in [2.45, 2.75) is 45.6 Å². The predicted octanol–water partition coefficient (Wildman–Crippen LogP) is 3.55. The van der Waals surface area contributed by atoms with Crippen molar-refractivity contribution < 1.29 is 9.53 Å². The number of rotatable bonds is 0. The maximum atomic E-state index is 11.6. The van der Waals surface area contributed by atoms with Crippen LogP contribution in [0.2, 0.25) is 0 Å². The fourth-order valence-electron chi connectivity index (χ4n) is 2.50. The summed E-state index contributed by atoms with van der Waals surface area (Å²) in [5, 5.41) is 0. The Morgan fingerprint density at radius 3 is 2.76 bits per heavy atom. The van der Waals surface area contributed by atoms with Crippen molar-refractivity contribution in [3.63, 3.8) is 0 Å². The van der Waals surface area contributed by atoms with Gasteiger partial charge in [0.15, 0.2) is 0 Å². The lowest BCUT2D eigenvalue weighted by Crippen LogP contribution is -2.14. The van der Waals surface area contributed by atoms with Crippen LogP contribution < -0.4 is 0 Å². The van der Waals surface area contributed by atoms with Gasteiger partial charge in [0.1, 0.15) is 6.10 Å². The molecule has 0 saturated carbocycles. The molecule has 17 heavy (non-hydrogen) atoms. The molecule has 1 saturated heterocycles. The Hall–Kier alpha value is -1.31. The molecule has 2 aliphatic rings. The molecule has 1 fully saturated rings. The highest BCUT2D eigenvalue weighted by atomic mass is 16.5. The van der Waals surface area contributed by atoms with Crippen LogP contribution in [0.25, 0.3) is 0 Å². The van der Waals surface area contributed by atoms with Gasteiger partial charge in [0, 0.05) is 11.5 Å². The van der Waals surface area contributed by atoms with Crippen LogP contribution >= 0.6 is 0 Å². The van der Waals surface area contributed by atoms with Crippen molar-refractivity contribution in [3.05, 3.63) is 35.5 Å². The largest absolute Gasteiger partial charge is 0.454 e. The van der Waals surface area contributed by atoms with Gasteiger partial charge in [0.25, 0.3) is 0 Å². The minimum Gasteiger partial charge on any atom is -0.454 e. The lowest BCUT2D eigenvalue weighted by Gasteiger charge is -2.16. The molecule has 1 heterocycles. The van der Waals surface area contributed by atoms with Gasteiger partial charge in [-0.15, -0.1) is 0 Å². The van der Waals surface area contributed by atoms with Crippen molar-refractivity contribution in [2.24, 2.45) is 5.92 Å². The van der Waals surface area contributed by atoms with Crippen molar-refractivity contribution in [2.75, 3.05) is 0 Å². The zero-order valence-corrected chi connectivity index (χ0v) is 10.7. The van der Waals surface area contributed by atoms with E-state index in [0.29, 0.717) is 5.57 Å². The molecule has 0 spiro atoms. The quantitative estimate of drug-likeness (QED) is 0.363. The fraction of sp³-hybridized carbons (Fsp3) is 0.533. The molecule has 1 aliphatic heterocycles. The van der Waals surface area contributed by atoms with E-state index in [0.717, 1.165) is 19.3 Å². The average Bonchev–Trinajstić information content (AvgIpc) is 2.52. The van der Waals surface area contributed by atoms with Crippen molar-refractivity contribution in [1.29, 1.82) is 0 Å². The molecule has 0 unspecified atom stereocenters. The minimum absolute atomic E-state index is 0.0999. The van der Waals surface area contributed by atoms with E-state index in [2.05, 4.69) is 32.6 Å². The van der Waals surface area contributed by atoms with Gasteiger partial charge in [-0.05, 0) is 45.6 Å². The summed E-state index contributed by atoms with van der Waals surface area (Å²) in [5.74, 6) is -0.0974. The number of esters is 1. The summed E-state index contributed by atoms with van der Waals surface area (Å²) in [4.78, 5) is 11.6. The number of hydrogen-bond acceptors (Lipinski definition) is 2. The normalized spacial score (nSPS) is 33.3. The second-order valence-electron chi connectivity index (χ2n) is 5.15. The van der Waals surface area contributed by atoms with E-state index in [-0.39, 0.29) is 18.0 Å². The number of fused-ring (bicyclic) bond motifs is 1. The first-order valence-corrected chi connectivity index (χ1v) is 6.30. The summed E-state index contributed by atoms with van der Waals surface area (Å²) in [5.41, 5.74) is 3.35. The van der Waals surface area contributed by atoms with Gasteiger partial charge in [0.2, 0.25) is 0 Å². The van der Waals surface area contributed by atoms with Gasteiger partial charge in [0.05, 0.1) is 0 Å². The Bertz CT molecular complexity index is 401. The third-order valence-electron chi connectivity index (χ3n) is 3.66. The second kappa shape index (κ2) is 4.91. The van der Waals surface area contributed by atoms with E-state index in [1.54, 1.807) is 0 Å². The molecule has 2 atom stereocenters. The van der Waals surface area contributed by atoms with Crippen LogP contribution in [0, 0.1) is 5.92 Å². The van der Waals surface area contributed by atoms with Crippen LogP contribution in [0.5, 0.6) is 0 Å². The molecule has 0 aromatic carbocycles. The van der Waals surface area contributed by atoms with E-state index >= 15 is 0 Å². The number of allylic oxidation sites excluding steroid dienone is 3. The average molecular weight is 232 g/mol. The molecule has 0 bridgehead atoms. The Morgan fingerprint density at radius 2 is 2.00 bits per heavy atom. The number of hydrogen-bond donors (Lipinski definition) is 0. The summed E-state index contributed by atoms with van der Waals surface area (Å²) in [6.07, 6.45) is 8.51. The fourth-order valence-corrected chi connectivity index (χ4v) is 2.50. The van der Waals surface area contributed by atoms with Gasteiger partial charge >= 0.3 is 5.97 Å². The third-order valence-corrected chi connectivity index (χ3v) is 3.66. The first kappa shape index (κ1) is 12.2. The molecule has 2 heteroatoms. The van der Waals surface area contributed by atoms with Crippen LogP contribution in [0.15, 0.2) is 35.5 Å². The highest BCUT2D eigenvalue weighted by Crippen LogP contribution is 2.33. The Balaban J connectivity index is 2.26. The standard InChI is InChI=1S/C15H20O2/c1-10-5-4-6-11(2)9-14-13(8-7-10)12(3)15(16)17-14/h7,9,13-14H,3-6,8H2,1-2H3/b10-7?,11-9+/t13-,14+/m0/s1. The molecule has 0 N–H and O–H groups in total. The summed E-state index contributed by atoms with van der Waals surface area (Å²) in [6, 6.07) is 0. The van der Waals surface area contributed by atoms with Crippen molar-refractivity contribution >= 4 is 5.97 Å². The first-order valence-electron chi connectivity index (χ1n) is 6.30. The molecule has 0 radical (unpaired) electrons. The van der Waals surface area contributed by atoms with E-state index < -0.39 is 0 Å². The SMILES string of the molecule is C=C1C(=O)O[C@@H]2/C=C(\C)CCCC(C)=CC[C@@H]12. The van der Waals surface area contributed by atoms with Crippen LogP contribution in [-0.2, 0) is 9.53 Å². The Morgan fingerprint density at radius 1 is 1.29 bits per heavy atom. The summed E-state index contributed by atoms with van der Waals surface area (Å²) < 4.78 is 5.37. The highest BCUT2D eigenvalue weighted by Gasteiger charge is 2.36. The van der Waals surface area contributed by atoms with Crippen LogP contribution in [0.3, 0.4) is 0 Å². The highest BCUT2D eigenvalue weighted by molar-refractivity contribution is 5.91. The van der Waals surface area contributed by atoms with Crippen molar-refractivity contribution in [3.8, 4) is 0 Å². The molecule has 0 aromatic heterocycles. The lowest BCUT2D eigenvalue weighted by molar-refractivity contribution is -0.137. The molecule has 0 aromatic rings. The number of ether oxygens (including phenoxy) is 1. The third kappa shape index (κ3) is 2.68. The van der Waals surface area contributed by atoms with Gasteiger partial charge < -0.3 is 4.74 Å². The van der Waals surface area contributed by atoms with Gasteiger partial charge in [-0.2, -0.15) is 0 Å². The van der Waals surface area contributed by atoms with Crippen LogP contribution in [0.1, 0.15) is 39.5 Å². The van der Waals surface area contributed by atoms with Gasteiger partial charge in [-0.25, -0.2) is 4.79 Å². The first-order chi connectivity index (χ1) is 8.08. The second-order valence-corrected chi connectivity index (χ2v) is 5.15. The Labute approximate surface area is 103 Å². The number of carbonyl (C=O) groups is 1. The minimum atomic E-state index is -0.227. The molecule has 1 aliphatic carbocycles. The topological polar surface area (TPSA) is 26.3 Å². The summed E-state index contributed by atoms with van der Waals surface area (Å²) >= 11 is 0.